The Hall–Kier alpha value is -6.30. The summed E-state index contributed by atoms with van der Waals surface area (Å²) in [5.41, 5.74) is 5.91. The maximum Gasteiger partial charge on any atom is 0.324 e. The van der Waals surface area contributed by atoms with Crippen LogP contribution >= 0.6 is 0 Å². The van der Waals surface area contributed by atoms with Crippen LogP contribution in [0.5, 0.6) is 11.6 Å². The average molecular weight is 625 g/mol. The smallest absolute Gasteiger partial charge is 0.324 e. The summed E-state index contributed by atoms with van der Waals surface area (Å²) in [7, 11) is 0. The largest absolute Gasteiger partial charge is 0.438 e. The number of aromatic amines is 1. The van der Waals surface area contributed by atoms with Crippen molar-refractivity contribution in [2.24, 2.45) is 0 Å². The fourth-order valence-electron chi connectivity index (χ4n) is 5.24. The number of nitrogens with one attached hydrogen (secondary N) is 4. The van der Waals surface area contributed by atoms with Crippen molar-refractivity contribution in [1.82, 2.24) is 35.2 Å². The van der Waals surface area contributed by atoms with Gasteiger partial charge in [-0.25, -0.2) is 14.5 Å². The number of rotatable bonds is 10. The molecule has 0 aliphatic heterocycles. The molecule has 0 spiro atoms. The van der Waals surface area contributed by atoms with Crippen molar-refractivity contribution in [2.75, 3.05) is 16.0 Å². The van der Waals surface area contributed by atoms with Gasteiger partial charge >= 0.3 is 6.03 Å². The van der Waals surface area contributed by atoms with E-state index >= 15 is 0 Å². The number of benzene rings is 4. The van der Waals surface area contributed by atoms with Crippen LogP contribution in [0.15, 0.2) is 97.2 Å². The Bertz CT molecular complexity index is 2190. The number of nitrogens with zero attached hydrogens (tertiary/aromatic N) is 6. The minimum Gasteiger partial charge on any atom is -0.438 e. The number of ether oxygens (including phenoxy) is 1. The van der Waals surface area contributed by atoms with Gasteiger partial charge in [0, 0.05) is 34.8 Å². The summed E-state index contributed by atoms with van der Waals surface area (Å²) >= 11 is 0. The van der Waals surface area contributed by atoms with E-state index in [4.69, 9.17) is 9.84 Å². The Morgan fingerprint density at radius 1 is 0.936 bits per heavy atom. The summed E-state index contributed by atoms with van der Waals surface area (Å²) in [6.07, 6.45) is 4.53. The van der Waals surface area contributed by atoms with Crippen molar-refractivity contribution in [2.45, 2.75) is 33.1 Å². The number of hydrogen-bond acceptors (Lipinski definition) is 8. The molecule has 7 aromatic rings. The summed E-state index contributed by atoms with van der Waals surface area (Å²) < 4.78 is 8.01. The van der Waals surface area contributed by atoms with Gasteiger partial charge in [-0.3, -0.25) is 10.4 Å². The molecule has 0 radical (unpaired) electrons. The van der Waals surface area contributed by atoms with Gasteiger partial charge < -0.3 is 15.4 Å². The molecule has 234 valence electrons. The third kappa shape index (κ3) is 6.57. The highest BCUT2D eigenvalue weighted by Gasteiger charge is 2.15. The molecule has 0 unspecified atom stereocenters. The predicted molar refractivity (Wildman–Crippen MR) is 183 cm³/mol. The van der Waals surface area contributed by atoms with Gasteiger partial charge in [-0.1, -0.05) is 60.5 Å². The van der Waals surface area contributed by atoms with Crippen LogP contribution < -0.4 is 20.7 Å². The number of carbonyl (C=O) groups is 1. The first-order chi connectivity index (χ1) is 23.0. The number of unbranched alkanes of at least 4 members (excludes halogenated alkanes) is 1. The van der Waals surface area contributed by atoms with Crippen molar-refractivity contribution in [3.05, 3.63) is 108 Å². The lowest BCUT2D eigenvalue weighted by Crippen LogP contribution is -2.21. The second-order valence-electron chi connectivity index (χ2n) is 11.1. The van der Waals surface area contributed by atoms with E-state index in [1.165, 1.54) is 0 Å². The molecule has 4 N–H and O–H groups in total. The first-order valence-corrected chi connectivity index (χ1v) is 15.4. The second kappa shape index (κ2) is 13.0. The van der Waals surface area contributed by atoms with E-state index in [1.807, 2.05) is 91.9 Å². The van der Waals surface area contributed by atoms with Gasteiger partial charge in [-0.2, -0.15) is 10.1 Å². The Labute approximate surface area is 270 Å². The summed E-state index contributed by atoms with van der Waals surface area (Å²) in [4.78, 5) is 22.2. The Balaban J connectivity index is 1.10. The molecule has 0 saturated carbocycles. The average Bonchev–Trinajstić information content (AvgIpc) is 3.72. The Morgan fingerprint density at radius 3 is 2.64 bits per heavy atom. The molecule has 0 atom stereocenters. The van der Waals surface area contributed by atoms with Gasteiger partial charge in [-0.15, -0.1) is 5.10 Å². The highest BCUT2D eigenvalue weighted by Crippen LogP contribution is 2.34. The monoisotopic (exact) mass is 624 g/mol. The van der Waals surface area contributed by atoms with Gasteiger partial charge in [0.05, 0.1) is 22.6 Å². The molecule has 2 amide bonds. The van der Waals surface area contributed by atoms with Crippen LogP contribution in [0.3, 0.4) is 0 Å². The van der Waals surface area contributed by atoms with Crippen LogP contribution in [0.1, 0.15) is 31.0 Å². The van der Waals surface area contributed by atoms with Crippen LogP contribution in [0, 0.1) is 6.92 Å². The van der Waals surface area contributed by atoms with Gasteiger partial charge in [0.25, 0.3) is 0 Å². The van der Waals surface area contributed by atoms with E-state index < -0.39 is 0 Å². The van der Waals surface area contributed by atoms with Gasteiger partial charge in [0.2, 0.25) is 11.8 Å². The number of urea groups is 1. The van der Waals surface area contributed by atoms with Crippen LogP contribution in [0.25, 0.3) is 27.5 Å². The minimum atomic E-state index is -0.380. The highest BCUT2D eigenvalue weighted by atomic mass is 16.5. The first-order valence-electron chi connectivity index (χ1n) is 15.4. The molecule has 12 heteroatoms. The SMILES string of the molecule is CCCCc1cc(NC(=O)Nc2ccc(Oc3ccnc(Nc4ccc5[nH]nnc5c4)n3)c3ccccc23)n(-c2ccc(C)cc2)n1. The zero-order valence-electron chi connectivity index (χ0n) is 25.9. The van der Waals surface area contributed by atoms with Gasteiger partial charge in [0.15, 0.2) is 0 Å². The van der Waals surface area contributed by atoms with E-state index in [9.17, 15) is 4.79 Å². The molecule has 12 nitrogen and oxygen atoms in total. The van der Waals surface area contributed by atoms with Crippen molar-refractivity contribution in [3.8, 4) is 17.3 Å². The third-order valence-electron chi connectivity index (χ3n) is 7.63. The number of anilines is 4. The minimum absolute atomic E-state index is 0.358. The van der Waals surface area contributed by atoms with Crippen LogP contribution in [-0.2, 0) is 6.42 Å². The first kappa shape index (κ1) is 29.4. The van der Waals surface area contributed by atoms with E-state index in [1.54, 1.807) is 16.9 Å². The number of aryl methyl sites for hydroxylation is 2. The molecule has 3 heterocycles. The summed E-state index contributed by atoms with van der Waals surface area (Å²) in [5, 5.41) is 26.3. The van der Waals surface area contributed by atoms with E-state index in [0.717, 1.165) is 63.7 Å². The maximum atomic E-state index is 13.4. The zero-order valence-corrected chi connectivity index (χ0v) is 25.9. The lowest BCUT2D eigenvalue weighted by atomic mass is 10.1. The topological polar surface area (TPSA) is 148 Å². The molecule has 4 aromatic carbocycles. The number of carbonyl (C=O) groups excluding carboxylic acids is 1. The lowest BCUT2D eigenvalue weighted by molar-refractivity contribution is 0.262. The number of H-pyrrole nitrogens is 1. The molecular formula is C35H32N10O2. The van der Waals surface area contributed by atoms with E-state index in [0.29, 0.717) is 29.1 Å². The molecule has 7 rings (SSSR count). The van der Waals surface area contributed by atoms with Crippen LogP contribution in [-0.4, -0.2) is 41.2 Å². The summed E-state index contributed by atoms with van der Waals surface area (Å²) in [6.45, 7) is 4.19. The van der Waals surface area contributed by atoms with Crippen molar-refractivity contribution in [3.63, 3.8) is 0 Å². The lowest BCUT2D eigenvalue weighted by Gasteiger charge is -2.14. The third-order valence-corrected chi connectivity index (χ3v) is 7.63. The van der Waals surface area contributed by atoms with Crippen molar-refractivity contribution in [1.29, 1.82) is 0 Å². The molecule has 47 heavy (non-hydrogen) atoms. The maximum absolute atomic E-state index is 13.4. The standard InChI is InChI=1S/C35H32N10O2/c1-3-4-7-24-21-32(45(43-24)25-13-10-22(2)11-14-25)39-35(46)38-28-16-17-31(27-9-6-5-8-26(27)28)47-33-18-19-36-34(40-33)37-23-12-15-29-30(20-23)42-44-41-29/h5-6,8-21H,3-4,7H2,1-2H3,(H,36,37,40)(H2,38,39,46)(H,41,42,44). The normalized spacial score (nSPS) is 11.1. The quantitative estimate of drug-likeness (QED) is 0.120. The number of amides is 2. The van der Waals surface area contributed by atoms with Crippen LogP contribution in [0.2, 0.25) is 0 Å². The molecular weight excluding hydrogens is 592 g/mol. The molecule has 0 saturated heterocycles. The fourth-order valence-corrected chi connectivity index (χ4v) is 5.24. The predicted octanol–water partition coefficient (Wildman–Crippen LogP) is 7.92. The number of fused-ring (bicyclic) bond motifs is 2. The second-order valence-corrected chi connectivity index (χ2v) is 11.1. The molecule has 0 fully saturated rings. The Morgan fingerprint density at radius 2 is 1.79 bits per heavy atom. The van der Waals surface area contributed by atoms with Crippen molar-refractivity contribution >= 4 is 51.0 Å². The molecule has 0 aliphatic carbocycles. The summed E-state index contributed by atoms with van der Waals surface area (Å²) in [6, 6.07) is 28.2. The van der Waals surface area contributed by atoms with Gasteiger partial charge in [0.1, 0.15) is 17.1 Å². The summed E-state index contributed by atoms with van der Waals surface area (Å²) in [5.74, 6) is 1.90. The fraction of sp³-hybridized carbons (Fsp3) is 0.143. The molecule has 0 aliphatic rings. The van der Waals surface area contributed by atoms with Crippen LogP contribution in [0.4, 0.5) is 27.9 Å². The molecule has 0 bridgehead atoms. The Kier molecular flexibility index (Phi) is 8.12. The van der Waals surface area contributed by atoms with Crippen molar-refractivity contribution < 1.29 is 9.53 Å². The van der Waals surface area contributed by atoms with E-state index in [2.05, 4.69) is 48.3 Å². The highest BCUT2D eigenvalue weighted by molar-refractivity contribution is 6.07. The molecule has 3 aromatic heterocycles. The zero-order chi connectivity index (χ0) is 32.2. The number of aromatic nitrogens is 7. The van der Waals surface area contributed by atoms with E-state index in [-0.39, 0.29) is 6.03 Å². The van der Waals surface area contributed by atoms with Gasteiger partial charge in [-0.05, 0) is 62.2 Å². The number of hydrogen-bond donors (Lipinski definition) is 4.